The van der Waals surface area contributed by atoms with Gasteiger partial charge in [-0.1, -0.05) is 0 Å². The number of carbonyl (C=O) groups excluding carboxylic acids is 2. The Kier molecular flexibility index (Phi) is 6.13. The second kappa shape index (κ2) is 8.11. The number of hydrogen-bond donors (Lipinski definition) is 1. The summed E-state index contributed by atoms with van der Waals surface area (Å²) in [5.74, 6) is -0.571. The maximum atomic E-state index is 14.4. The molecule has 3 rings (SSSR count). The average molecular weight is 357 g/mol. The van der Waals surface area contributed by atoms with Crippen LogP contribution in [0.3, 0.4) is 0 Å². The van der Waals surface area contributed by atoms with E-state index in [-0.39, 0.29) is 29.5 Å². The molecule has 1 aromatic carbocycles. The maximum Gasteiger partial charge on any atom is 0.414 e. The molecular weight excluding hydrogens is 336 g/mol. The number of nitrogens with one attached hydrogen (secondary N) is 1. The highest BCUT2D eigenvalue weighted by Crippen LogP contribution is 2.28. The lowest BCUT2D eigenvalue weighted by Crippen LogP contribution is -2.36. The fraction of sp³-hybridized carbons (Fsp3) is 0.500. The molecule has 2 aliphatic heterocycles. The third kappa shape index (κ3) is 4.36. The molecule has 9 heteroatoms. The fourth-order valence-corrected chi connectivity index (χ4v) is 2.82. The van der Waals surface area contributed by atoms with Crippen molar-refractivity contribution in [1.82, 2.24) is 5.32 Å². The summed E-state index contributed by atoms with van der Waals surface area (Å²) in [7, 11) is 0. The van der Waals surface area contributed by atoms with Crippen LogP contribution in [0, 0.1) is 5.82 Å². The first-order chi connectivity index (χ1) is 11.5. The largest absolute Gasteiger partial charge is 0.442 e. The van der Waals surface area contributed by atoms with Crippen LogP contribution in [-0.2, 0) is 14.3 Å². The summed E-state index contributed by atoms with van der Waals surface area (Å²) >= 11 is 0. The van der Waals surface area contributed by atoms with Crippen molar-refractivity contribution in [3.8, 4) is 0 Å². The monoisotopic (exact) mass is 357 g/mol. The molecule has 2 heterocycles. The van der Waals surface area contributed by atoms with Crippen LogP contribution in [0.2, 0.25) is 0 Å². The topological polar surface area (TPSA) is 71.1 Å². The first kappa shape index (κ1) is 18.9. The van der Waals surface area contributed by atoms with Gasteiger partial charge in [0.15, 0.2) is 0 Å². The van der Waals surface area contributed by atoms with Gasteiger partial charge in [0.2, 0.25) is 5.91 Å². The van der Waals surface area contributed by atoms with Gasteiger partial charge in [0.1, 0.15) is 11.9 Å². The van der Waals surface area contributed by atoms with Gasteiger partial charge in [-0.15, -0.1) is 0 Å². The van der Waals surface area contributed by atoms with E-state index in [1.165, 1.54) is 17.9 Å². The van der Waals surface area contributed by atoms with Crippen LogP contribution in [0.5, 0.6) is 0 Å². The van der Waals surface area contributed by atoms with E-state index >= 15 is 0 Å². The first-order valence-corrected chi connectivity index (χ1v) is 7.89. The molecule has 0 bridgehead atoms. The minimum absolute atomic E-state index is 0. The molecule has 1 N–H and O–H groups in total. The van der Waals surface area contributed by atoms with Crippen molar-refractivity contribution in [1.29, 1.82) is 0 Å². The van der Waals surface area contributed by atoms with Crippen molar-refractivity contribution >= 4 is 23.4 Å². The molecule has 1 atom stereocenters. The van der Waals surface area contributed by atoms with Gasteiger partial charge in [0.25, 0.3) is 0 Å². The number of rotatable bonds is 4. The number of halogens is 2. The Hall–Kier alpha value is -2.42. The molecule has 0 aromatic heterocycles. The smallest absolute Gasteiger partial charge is 0.414 e. The van der Waals surface area contributed by atoms with Crippen LogP contribution >= 0.6 is 0 Å². The van der Waals surface area contributed by atoms with E-state index in [0.717, 1.165) is 0 Å². The Morgan fingerprint density at radius 3 is 2.72 bits per heavy atom. The van der Waals surface area contributed by atoms with Crippen molar-refractivity contribution in [3.05, 3.63) is 24.0 Å². The van der Waals surface area contributed by atoms with E-state index in [1.807, 2.05) is 4.90 Å². The number of ether oxygens (including phenoxy) is 2. The highest BCUT2D eigenvalue weighted by molar-refractivity contribution is 5.90. The fourth-order valence-electron chi connectivity index (χ4n) is 2.82. The van der Waals surface area contributed by atoms with E-state index in [4.69, 9.17) is 9.47 Å². The Morgan fingerprint density at radius 1 is 1.36 bits per heavy atom. The zero-order valence-corrected chi connectivity index (χ0v) is 13.9. The van der Waals surface area contributed by atoms with Gasteiger partial charge >= 0.3 is 6.09 Å². The molecule has 0 aliphatic carbocycles. The highest BCUT2D eigenvalue weighted by atomic mass is 19.1. The summed E-state index contributed by atoms with van der Waals surface area (Å²) in [6, 6.07) is 4.72. The molecule has 7 nitrogen and oxygen atoms in total. The van der Waals surface area contributed by atoms with E-state index in [1.54, 1.807) is 12.1 Å². The van der Waals surface area contributed by atoms with Gasteiger partial charge in [-0.2, -0.15) is 0 Å². The molecule has 138 valence electrons. The van der Waals surface area contributed by atoms with Gasteiger partial charge in [0.05, 0.1) is 37.7 Å². The second-order valence-corrected chi connectivity index (χ2v) is 5.79. The number of nitrogens with zero attached hydrogens (tertiary/aromatic N) is 2. The van der Waals surface area contributed by atoms with Gasteiger partial charge in [-0.25, -0.2) is 9.18 Å². The molecule has 25 heavy (non-hydrogen) atoms. The molecule has 0 radical (unpaired) electrons. The zero-order chi connectivity index (χ0) is 17.1. The molecular formula is C16H21F2N3O4. The van der Waals surface area contributed by atoms with Crippen molar-refractivity contribution in [2.45, 2.75) is 13.0 Å². The van der Waals surface area contributed by atoms with E-state index in [0.29, 0.717) is 37.7 Å². The molecule has 2 saturated heterocycles. The van der Waals surface area contributed by atoms with Crippen LogP contribution in [0.25, 0.3) is 0 Å². The molecule has 2 amide bonds. The number of cyclic esters (lactones) is 1. The van der Waals surface area contributed by atoms with Crippen molar-refractivity contribution in [3.63, 3.8) is 0 Å². The molecule has 0 unspecified atom stereocenters. The Labute approximate surface area is 144 Å². The molecule has 2 aliphatic rings. The maximum absolute atomic E-state index is 14.4. The lowest BCUT2D eigenvalue weighted by Gasteiger charge is -2.29. The van der Waals surface area contributed by atoms with Gasteiger partial charge in [0, 0.05) is 20.0 Å². The first-order valence-electron chi connectivity index (χ1n) is 7.89. The molecule has 0 spiro atoms. The predicted molar refractivity (Wildman–Crippen MR) is 88.2 cm³/mol. The lowest BCUT2D eigenvalue weighted by molar-refractivity contribution is -0.119. The summed E-state index contributed by atoms with van der Waals surface area (Å²) in [5.41, 5.74) is 0.948. The standard InChI is InChI=1S/C16H20FN3O4.FH/c1-11(21)18-9-13-10-20(16(22)24-13)12-2-3-15(14(17)8-12)19-4-6-23-7-5-19;/h2-3,8,13H,4-7,9-10H2,1H3,(H,18,21);1H/t13-;/m0./s1. The summed E-state index contributed by atoms with van der Waals surface area (Å²) in [4.78, 5) is 26.2. The predicted octanol–water partition coefficient (Wildman–Crippen LogP) is 1.28. The number of anilines is 2. The van der Waals surface area contributed by atoms with Gasteiger partial charge in [-0.05, 0) is 18.2 Å². The van der Waals surface area contributed by atoms with Crippen molar-refractivity contribution in [2.75, 3.05) is 49.2 Å². The summed E-state index contributed by atoms with van der Waals surface area (Å²) in [6.07, 6.45) is -0.979. The van der Waals surface area contributed by atoms with Crippen LogP contribution in [0.4, 0.5) is 25.3 Å². The summed E-state index contributed by atoms with van der Waals surface area (Å²) in [5, 5.41) is 2.61. The minimum atomic E-state index is -0.538. The zero-order valence-electron chi connectivity index (χ0n) is 13.9. The van der Waals surface area contributed by atoms with Gasteiger partial charge < -0.3 is 19.7 Å². The summed E-state index contributed by atoms with van der Waals surface area (Å²) < 4.78 is 24.9. The number of morpholine rings is 1. The average Bonchev–Trinajstić information content (AvgIpc) is 2.94. The van der Waals surface area contributed by atoms with Crippen LogP contribution in [0.15, 0.2) is 18.2 Å². The minimum Gasteiger partial charge on any atom is -0.442 e. The van der Waals surface area contributed by atoms with Crippen LogP contribution in [-0.4, -0.2) is 57.5 Å². The number of amides is 2. The molecule has 0 saturated carbocycles. The van der Waals surface area contributed by atoms with Crippen molar-refractivity contribution in [2.24, 2.45) is 0 Å². The SMILES string of the molecule is CC(=O)NC[C@H]1CN(c2ccc(N3CCOCC3)c(F)c2)C(=O)O1.F. The van der Waals surface area contributed by atoms with Gasteiger partial charge in [-0.3, -0.25) is 14.4 Å². The number of benzene rings is 1. The Bertz CT molecular complexity index is 638. The van der Waals surface area contributed by atoms with E-state index in [9.17, 15) is 14.0 Å². The van der Waals surface area contributed by atoms with Crippen LogP contribution < -0.4 is 15.1 Å². The quantitative estimate of drug-likeness (QED) is 0.879. The third-order valence-corrected chi connectivity index (χ3v) is 4.05. The second-order valence-electron chi connectivity index (χ2n) is 5.79. The normalized spacial score (nSPS) is 20.1. The lowest BCUT2D eigenvalue weighted by atomic mass is 10.2. The molecule has 1 aromatic rings. The highest BCUT2D eigenvalue weighted by Gasteiger charge is 2.32. The van der Waals surface area contributed by atoms with Crippen molar-refractivity contribution < 1.29 is 28.2 Å². The molecule has 2 fully saturated rings. The number of hydrogen-bond acceptors (Lipinski definition) is 5. The number of carbonyl (C=O) groups is 2. The van der Waals surface area contributed by atoms with E-state index < -0.39 is 12.2 Å². The summed E-state index contributed by atoms with van der Waals surface area (Å²) in [6.45, 7) is 4.34. The van der Waals surface area contributed by atoms with Crippen LogP contribution in [0.1, 0.15) is 6.92 Å². The Morgan fingerprint density at radius 2 is 2.08 bits per heavy atom. The Balaban J connectivity index is 0.00000225. The van der Waals surface area contributed by atoms with E-state index in [2.05, 4.69) is 5.32 Å². The third-order valence-electron chi connectivity index (χ3n) is 4.05.